The molecule has 1 saturated heterocycles. The number of hydrogen-bond acceptors (Lipinski definition) is 7. The third-order valence-corrected chi connectivity index (χ3v) is 6.88. The summed E-state index contributed by atoms with van der Waals surface area (Å²) in [4.78, 5) is 47.0. The van der Waals surface area contributed by atoms with Crippen LogP contribution in [0.2, 0.25) is 10.0 Å². The molecule has 0 aliphatic carbocycles. The van der Waals surface area contributed by atoms with Crippen molar-refractivity contribution in [3.63, 3.8) is 0 Å². The Hall–Kier alpha value is -3.76. The molecule has 1 fully saturated rings. The van der Waals surface area contributed by atoms with Gasteiger partial charge in [-0.2, -0.15) is 0 Å². The summed E-state index contributed by atoms with van der Waals surface area (Å²) < 4.78 is 10.9. The van der Waals surface area contributed by atoms with Crippen molar-refractivity contribution >= 4 is 47.0 Å². The van der Waals surface area contributed by atoms with Crippen LogP contribution in [-0.2, 0) is 14.3 Å². The average Bonchev–Trinajstić information content (AvgIpc) is 3.35. The number of benzene rings is 1. The Morgan fingerprint density at radius 1 is 1.14 bits per heavy atom. The molecular formula is C30H35Cl2N5O5. The summed E-state index contributed by atoms with van der Waals surface area (Å²) in [6.07, 6.45) is 2.78. The lowest BCUT2D eigenvalue weighted by molar-refractivity contribution is -0.154. The number of hydrogen-bond donors (Lipinski definition) is 3. The molecule has 3 N–H and O–H groups in total. The van der Waals surface area contributed by atoms with Crippen LogP contribution in [0.25, 0.3) is 11.1 Å². The van der Waals surface area contributed by atoms with E-state index in [0.717, 1.165) is 0 Å². The number of rotatable bonds is 9. The second-order valence-electron chi connectivity index (χ2n) is 11.4. The molecule has 2 amide bonds. The van der Waals surface area contributed by atoms with E-state index in [1.807, 2.05) is 19.9 Å². The van der Waals surface area contributed by atoms with Crippen LogP contribution in [0.3, 0.4) is 0 Å². The number of carbonyl (C=O) groups excluding carboxylic acids is 3. The fourth-order valence-corrected chi connectivity index (χ4v) is 4.69. The van der Waals surface area contributed by atoms with E-state index >= 15 is 0 Å². The molecule has 0 spiro atoms. The third-order valence-electron chi connectivity index (χ3n) is 6.35. The van der Waals surface area contributed by atoms with Crippen LogP contribution >= 0.6 is 23.2 Å². The highest BCUT2D eigenvalue weighted by Crippen LogP contribution is 2.30. The number of anilines is 1. The van der Waals surface area contributed by atoms with Gasteiger partial charge in [0, 0.05) is 47.7 Å². The SMILES string of the molecule is CC(C)Nc1cc(-c2c[nH]c(C(=O)NC(COC(=O)C3CN(C(=O)OC(C)(C)C)C3)c3cccc(Cl)c3)c2)c(Cl)cn1. The summed E-state index contributed by atoms with van der Waals surface area (Å²) in [6.45, 7) is 9.65. The zero-order chi connectivity index (χ0) is 30.6. The van der Waals surface area contributed by atoms with Gasteiger partial charge in [0.1, 0.15) is 23.7 Å². The number of nitrogens with one attached hydrogen (secondary N) is 3. The van der Waals surface area contributed by atoms with Crippen LogP contribution in [-0.4, -0.2) is 64.2 Å². The van der Waals surface area contributed by atoms with Crippen LogP contribution < -0.4 is 10.6 Å². The number of halogens is 2. The summed E-state index contributed by atoms with van der Waals surface area (Å²) in [5, 5.41) is 7.09. The van der Waals surface area contributed by atoms with Gasteiger partial charge in [0.2, 0.25) is 0 Å². The number of H-pyrrole nitrogens is 1. The van der Waals surface area contributed by atoms with Crippen molar-refractivity contribution in [3.05, 3.63) is 70.1 Å². The van der Waals surface area contributed by atoms with Crippen molar-refractivity contribution in [2.75, 3.05) is 25.0 Å². The van der Waals surface area contributed by atoms with Crippen LogP contribution in [0.15, 0.2) is 48.8 Å². The van der Waals surface area contributed by atoms with Gasteiger partial charge >= 0.3 is 12.1 Å². The van der Waals surface area contributed by atoms with E-state index in [-0.39, 0.29) is 25.7 Å². The quantitative estimate of drug-likeness (QED) is 0.249. The molecule has 1 aromatic carbocycles. The van der Waals surface area contributed by atoms with Gasteiger partial charge < -0.3 is 30.0 Å². The van der Waals surface area contributed by atoms with Crippen LogP contribution in [0.4, 0.5) is 10.6 Å². The standard InChI is InChI=1S/C30H35Cl2N5O5/c1-17(2)35-26-11-22(23(32)13-34-26)19-10-24(33-12-19)27(38)36-25(18-7-6-8-21(31)9-18)16-41-28(39)20-14-37(15-20)29(40)42-30(3,4)5/h6-13,17,20,25,33H,14-16H2,1-5H3,(H,34,35)(H,36,38). The Morgan fingerprint density at radius 3 is 2.55 bits per heavy atom. The highest BCUT2D eigenvalue weighted by atomic mass is 35.5. The summed E-state index contributed by atoms with van der Waals surface area (Å²) in [7, 11) is 0. The van der Waals surface area contributed by atoms with Crippen molar-refractivity contribution < 1.29 is 23.9 Å². The first-order chi connectivity index (χ1) is 19.8. The van der Waals surface area contributed by atoms with Crippen molar-refractivity contribution in [1.82, 2.24) is 20.2 Å². The van der Waals surface area contributed by atoms with Gasteiger partial charge in [-0.25, -0.2) is 9.78 Å². The highest BCUT2D eigenvalue weighted by Gasteiger charge is 2.39. The van der Waals surface area contributed by atoms with Gasteiger partial charge in [0.15, 0.2) is 0 Å². The molecule has 12 heteroatoms. The predicted molar refractivity (Wildman–Crippen MR) is 162 cm³/mol. The summed E-state index contributed by atoms with van der Waals surface area (Å²) in [5.41, 5.74) is 1.77. The number of ether oxygens (including phenoxy) is 2. The second kappa shape index (κ2) is 13.0. The van der Waals surface area contributed by atoms with Gasteiger partial charge in [-0.05, 0) is 64.4 Å². The number of esters is 1. The van der Waals surface area contributed by atoms with Gasteiger partial charge in [0.25, 0.3) is 5.91 Å². The Labute approximate surface area is 255 Å². The Bertz CT molecular complexity index is 1450. The molecule has 4 rings (SSSR count). The van der Waals surface area contributed by atoms with Crippen molar-refractivity contribution in [1.29, 1.82) is 0 Å². The molecule has 42 heavy (non-hydrogen) atoms. The molecule has 0 saturated carbocycles. The van der Waals surface area contributed by atoms with E-state index in [1.165, 1.54) is 4.90 Å². The number of aromatic amines is 1. The topological polar surface area (TPSA) is 126 Å². The predicted octanol–water partition coefficient (Wildman–Crippen LogP) is 6.09. The minimum Gasteiger partial charge on any atom is -0.463 e. The van der Waals surface area contributed by atoms with Crippen molar-refractivity contribution in [2.24, 2.45) is 5.92 Å². The molecule has 3 heterocycles. The third kappa shape index (κ3) is 8.17. The number of nitrogens with zero attached hydrogens (tertiary/aromatic N) is 2. The molecule has 3 aromatic rings. The molecule has 0 bridgehead atoms. The molecule has 1 aliphatic heterocycles. The lowest BCUT2D eigenvalue weighted by Gasteiger charge is -2.38. The molecule has 0 radical (unpaired) electrons. The molecule has 1 aliphatic rings. The molecule has 2 aromatic heterocycles. The normalized spacial score (nSPS) is 14.2. The minimum absolute atomic E-state index is 0.123. The minimum atomic E-state index is -0.680. The fourth-order valence-electron chi connectivity index (χ4n) is 4.28. The molecule has 224 valence electrons. The van der Waals surface area contributed by atoms with E-state index < -0.39 is 35.5 Å². The van der Waals surface area contributed by atoms with Gasteiger partial charge in [0.05, 0.1) is 17.0 Å². The lowest BCUT2D eigenvalue weighted by atomic mass is 10.0. The Morgan fingerprint density at radius 2 is 1.88 bits per heavy atom. The van der Waals surface area contributed by atoms with Crippen LogP contribution in [0, 0.1) is 5.92 Å². The fraction of sp³-hybridized carbons (Fsp3) is 0.400. The van der Waals surface area contributed by atoms with E-state index in [9.17, 15) is 14.4 Å². The number of pyridine rings is 1. The highest BCUT2D eigenvalue weighted by molar-refractivity contribution is 6.33. The first kappa shape index (κ1) is 31.2. The average molecular weight is 617 g/mol. The van der Waals surface area contributed by atoms with E-state index in [4.69, 9.17) is 32.7 Å². The molecular weight excluding hydrogens is 581 g/mol. The monoisotopic (exact) mass is 615 g/mol. The van der Waals surface area contributed by atoms with E-state index in [2.05, 4.69) is 20.6 Å². The summed E-state index contributed by atoms with van der Waals surface area (Å²) in [6, 6.07) is 9.98. The molecule has 1 atom stereocenters. The maximum absolute atomic E-state index is 13.3. The van der Waals surface area contributed by atoms with Gasteiger partial charge in [-0.1, -0.05) is 35.3 Å². The van der Waals surface area contributed by atoms with Gasteiger partial charge in [-0.3, -0.25) is 9.59 Å². The summed E-state index contributed by atoms with van der Waals surface area (Å²) in [5.74, 6) is -0.677. The van der Waals surface area contributed by atoms with E-state index in [0.29, 0.717) is 38.2 Å². The summed E-state index contributed by atoms with van der Waals surface area (Å²) >= 11 is 12.6. The maximum atomic E-state index is 13.3. The Kier molecular flexibility index (Phi) is 9.68. The molecule has 1 unspecified atom stereocenters. The largest absolute Gasteiger partial charge is 0.463 e. The molecule has 10 nitrogen and oxygen atoms in total. The number of likely N-dealkylation sites (tertiary alicyclic amines) is 1. The van der Waals surface area contributed by atoms with Crippen molar-refractivity contribution in [2.45, 2.75) is 52.3 Å². The Balaban J connectivity index is 1.42. The first-order valence-electron chi connectivity index (χ1n) is 13.6. The maximum Gasteiger partial charge on any atom is 0.410 e. The number of amides is 2. The zero-order valence-corrected chi connectivity index (χ0v) is 25.7. The number of aromatic nitrogens is 2. The van der Waals surface area contributed by atoms with Crippen LogP contribution in [0.1, 0.15) is 56.7 Å². The smallest absolute Gasteiger partial charge is 0.410 e. The van der Waals surface area contributed by atoms with Crippen molar-refractivity contribution in [3.8, 4) is 11.1 Å². The number of carbonyl (C=O) groups is 3. The van der Waals surface area contributed by atoms with Gasteiger partial charge in [-0.15, -0.1) is 0 Å². The lowest BCUT2D eigenvalue weighted by Crippen LogP contribution is -2.54. The first-order valence-corrected chi connectivity index (χ1v) is 14.4. The van der Waals surface area contributed by atoms with E-state index in [1.54, 1.807) is 63.5 Å². The second-order valence-corrected chi connectivity index (χ2v) is 12.3. The van der Waals surface area contributed by atoms with Crippen LogP contribution in [0.5, 0.6) is 0 Å². The zero-order valence-electron chi connectivity index (χ0n) is 24.2.